The number of rotatable bonds is 5. The Morgan fingerprint density at radius 2 is 1.76 bits per heavy atom. The van der Waals surface area contributed by atoms with Crippen molar-refractivity contribution in [1.29, 1.82) is 0 Å². The number of pyridine rings is 1. The average molecular weight is 389 g/mol. The van der Waals surface area contributed by atoms with Gasteiger partial charge in [-0.3, -0.25) is 4.98 Å². The molecule has 0 radical (unpaired) electrons. The van der Waals surface area contributed by atoms with Crippen LogP contribution in [0.1, 0.15) is 67.6 Å². The van der Waals surface area contributed by atoms with Crippen molar-refractivity contribution in [3.05, 3.63) is 66.3 Å². The zero-order valence-corrected chi connectivity index (χ0v) is 16.8. The lowest BCUT2D eigenvalue weighted by atomic mass is 9.97. The predicted molar refractivity (Wildman–Crippen MR) is 113 cm³/mol. The van der Waals surface area contributed by atoms with E-state index in [0.29, 0.717) is 11.8 Å². The van der Waals surface area contributed by atoms with Gasteiger partial charge in [-0.05, 0) is 43.9 Å². The number of hydrogen-bond donors (Lipinski definition) is 0. The summed E-state index contributed by atoms with van der Waals surface area (Å²) in [5.41, 5.74) is 2.29. The molecule has 0 bridgehead atoms. The smallest absolute Gasteiger partial charge is 0.225 e. The van der Waals surface area contributed by atoms with E-state index in [0.717, 1.165) is 49.9 Å². The van der Waals surface area contributed by atoms with Crippen LogP contribution in [0.2, 0.25) is 0 Å². The number of anilines is 1. The third-order valence-electron chi connectivity index (χ3n) is 6.31. The molecule has 0 N–H and O–H groups in total. The van der Waals surface area contributed by atoms with Crippen molar-refractivity contribution in [2.24, 2.45) is 0 Å². The number of hydrogen-bond acceptors (Lipinski definition) is 5. The van der Waals surface area contributed by atoms with Crippen molar-refractivity contribution >= 4 is 5.95 Å². The Bertz CT molecular complexity index is 931. The van der Waals surface area contributed by atoms with Crippen molar-refractivity contribution in [3.8, 4) is 0 Å². The maximum Gasteiger partial charge on any atom is 0.225 e. The largest absolute Gasteiger partial charge is 0.340 e. The Morgan fingerprint density at radius 1 is 0.862 bits per heavy atom. The molecule has 0 amide bonds. The maximum absolute atomic E-state index is 4.96. The van der Waals surface area contributed by atoms with Gasteiger partial charge < -0.3 is 9.47 Å². The molecule has 4 heterocycles. The first-order valence-electron chi connectivity index (χ1n) is 10.9. The van der Waals surface area contributed by atoms with Gasteiger partial charge in [0.25, 0.3) is 0 Å². The van der Waals surface area contributed by atoms with Crippen LogP contribution in [0.5, 0.6) is 0 Å². The minimum atomic E-state index is 0.390. The lowest BCUT2D eigenvalue weighted by Crippen LogP contribution is -2.36. The molecule has 2 fully saturated rings. The molecule has 150 valence electrons. The second-order valence-corrected chi connectivity index (χ2v) is 8.28. The van der Waals surface area contributed by atoms with E-state index in [9.17, 15) is 0 Å². The summed E-state index contributed by atoms with van der Waals surface area (Å²) in [5, 5.41) is 0. The molecule has 6 heteroatoms. The van der Waals surface area contributed by atoms with E-state index in [-0.39, 0.29) is 0 Å². The molecule has 0 aromatic carbocycles. The van der Waals surface area contributed by atoms with Crippen LogP contribution in [0.15, 0.2) is 49.1 Å². The number of piperidine rings is 1. The van der Waals surface area contributed by atoms with Crippen molar-refractivity contribution < 1.29 is 0 Å². The van der Waals surface area contributed by atoms with Gasteiger partial charge in [-0.15, -0.1) is 0 Å². The van der Waals surface area contributed by atoms with Crippen LogP contribution in [0, 0.1) is 0 Å². The van der Waals surface area contributed by atoms with E-state index in [1.807, 2.05) is 30.7 Å². The van der Waals surface area contributed by atoms with Gasteiger partial charge in [0.15, 0.2) is 0 Å². The molecule has 29 heavy (non-hydrogen) atoms. The van der Waals surface area contributed by atoms with Gasteiger partial charge in [-0.2, -0.15) is 0 Å². The molecule has 1 aliphatic carbocycles. The van der Waals surface area contributed by atoms with E-state index < -0.39 is 0 Å². The zero-order valence-electron chi connectivity index (χ0n) is 16.8. The number of nitrogens with zero attached hydrogens (tertiary/aromatic N) is 6. The van der Waals surface area contributed by atoms with Crippen LogP contribution in [0.4, 0.5) is 5.95 Å². The average Bonchev–Trinajstić information content (AvgIpc) is 3.47. The second kappa shape index (κ2) is 8.31. The molecule has 3 aromatic heterocycles. The highest BCUT2D eigenvalue weighted by molar-refractivity contribution is 5.33. The minimum Gasteiger partial charge on any atom is -0.340 e. The van der Waals surface area contributed by atoms with E-state index in [1.165, 1.54) is 31.4 Å². The monoisotopic (exact) mass is 388 g/mol. The molecule has 6 nitrogen and oxygen atoms in total. The molecule has 1 saturated carbocycles. The molecule has 0 spiro atoms. The molecule has 1 aliphatic heterocycles. The highest BCUT2D eigenvalue weighted by Gasteiger charge is 2.27. The van der Waals surface area contributed by atoms with E-state index >= 15 is 0 Å². The van der Waals surface area contributed by atoms with Crippen molar-refractivity contribution in [2.45, 2.75) is 56.9 Å². The third-order valence-corrected chi connectivity index (χ3v) is 6.31. The second-order valence-electron chi connectivity index (χ2n) is 8.28. The minimum absolute atomic E-state index is 0.390. The van der Waals surface area contributed by atoms with Gasteiger partial charge in [-0.25, -0.2) is 15.0 Å². The van der Waals surface area contributed by atoms with Gasteiger partial charge in [0.1, 0.15) is 5.82 Å². The Hall–Kier alpha value is -2.76. The number of aromatic nitrogens is 5. The van der Waals surface area contributed by atoms with Gasteiger partial charge in [0.05, 0.1) is 12.2 Å². The van der Waals surface area contributed by atoms with Crippen LogP contribution in [-0.4, -0.2) is 37.6 Å². The highest BCUT2D eigenvalue weighted by atomic mass is 15.3. The molecule has 1 saturated heterocycles. The fourth-order valence-electron chi connectivity index (χ4n) is 4.81. The molecule has 3 aromatic rings. The summed E-state index contributed by atoms with van der Waals surface area (Å²) in [7, 11) is 0. The van der Waals surface area contributed by atoms with E-state index in [1.54, 1.807) is 0 Å². The summed E-state index contributed by atoms with van der Waals surface area (Å²) in [5.74, 6) is 3.05. The highest BCUT2D eigenvalue weighted by Crippen LogP contribution is 2.34. The quantitative estimate of drug-likeness (QED) is 0.657. The Balaban J connectivity index is 1.33. The van der Waals surface area contributed by atoms with Crippen molar-refractivity contribution in [2.75, 3.05) is 18.0 Å². The summed E-state index contributed by atoms with van der Waals surface area (Å²) in [4.78, 5) is 21.1. The molecule has 2 aliphatic rings. The standard InChI is InChI=1S/C23H28N6/c1-2-7-18(6-1)21-10-12-26-23(27-21)29-14-5-8-19(16-29)22-25-13-15-28(22)17-20-9-3-4-11-24-20/h3-4,9-13,15,18-19H,1-2,5-8,14,16-17H2/t19-/m0/s1. The molecular formula is C23H28N6. The fourth-order valence-corrected chi connectivity index (χ4v) is 4.81. The van der Waals surface area contributed by atoms with Crippen LogP contribution < -0.4 is 4.90 Å². The predicted octanol–water partition coefficient (Wildman–Crippen LogP) is 4.16. The van der Waals surface area contributed by atoms with Crippen LogP contribution in [0.25, 0.3) is 0 Å². The van der Waals surface area contributed by atoms with E-state index in [4.69, 9.17) is 9.97 Å². The fraction of sp³-hybridized carbons (Fsp3) is 0.478. The summed E-state index contributed by atoms with van der Waals surface area (Å²) < 4.78 is 2.24. The first-order valence-corrected chi connectivity index (χ1v) is 10.9. The Labute approximate surface area is 172 Å². The first kappa shape index (κ1) is 18.3. The summed E-state index contributed by atoms with van der Waals surface area (Å²) in [6, 6.07) is 8.17. The van der Waals surface area contributed by atoms with Crippen LogP contribution in [-0.2, 0) is 6.54 Å². The van der Waals surface area contributed by atoms with Crippen molar-refractivity contribution in [1.82, 2.24) is 24.5 Å². The third kappa shape index (κ3) is 4.02. The molecule has 0 unspecified atom stereocenters. The summed E-state index contributed by atoms with van der Waals surface area (Å²) >= 11 is 0. The van der Waals surface area contributed by atoms with Gasteiger partial charge in [0.2, 0.25) is 5.95 Å². The van der Waals surface area contributed by atoms with Gasteiger partial charge in [-0.1, -0.05) is 18.9 Å². The summed E-state index contributed by atoms with van der Waals surface area (Å²) in [6.07, 6.45) is 15.3. The summed E-state index contributed by atoms with van der Waals surface area (Å²) in [6.45, 7) is 2.71. The van der Waals surface area contributed by atoms with Crippen molar-refractivity contribution in [3.63, 3.8) is 0 Å². The molecule has 1 atom stereocenters. The Kier molecular flexibility index (Phi) is 5.24. The lowest BCUT2D eigenvalue weighted by Gasteiger charge is -2.33. The first-order chi connectivity index (χ1) is 14.4. The topological polar surface area (TPSA) is 59.7 Å². The van der Waals surface area contributed by atoms with Gasteiger partial charge >= 0.3 is 0 Å². The van der Waals surface area contributed by atoms with Crippen LogP contribution in [0.3, 0.4) is 0 Å². The lowest BCUT2D eigenvalue weighted by molar-refractivity contribution is 0.470. The molecule has 5 rings (SSSR count). The number of imidazole rings is 1. The van der Waals surface area contributed by atoms with Gasteiger partial charge in [0, 0.05) is 55.4 Å². The van der Waals surface area contributed by atoms with E-state index in [2.05, 4.69) is 37.8 Å². The van der Waals surface area contributed by atoms with Crippen LogP contribution >= 0.6 is 0 Å². The normalized spacial score (nSPS) is 20.3. The Morgan fingerprint density at radius 3 is 2.62 bits per heavy atom. The zero-order chi connectivity index (χ0) is 19.5. The SMILES string of the molecule is c1ccc(Cn2ccnc2[C@H]2CCCN(c3nccc(C4CCCC4)n3)C2)nc1. The maximum atomic E-state index is 4.96. The molecular weight excluding hydrogens is 360 g/mol.